The summed E-state index contributed by atoms with van der Waals surface area (Å²) in [4.78, 5) is 4.74. The zero-order chi connectivity index (χ0) is 22.7. The summed E-state index contributed by atoms with van der Waals surface area (Å²) >= 11 is 6.01. The minimum atomic E-state index is -0.720. The lowest BCUT2D eigenvalue weighted by Gasteiger charge is -2.17. The number of para-hydroxylation sites is 2. The molecule has 32 heavy (non-hydrogen) atoms. The standard InChI is InChI=1S/C26H27ClN2O3/c1-17-8-10-24(18(2)12-17)32-16-26-28-22-6-4-5-7-23(22)29(26)14-21(30)15-31-25-11-9-20(27)13-19(25)3/h4-13,21,30H,14-16H2,1-3H3. The summed E-state index contributed by atoms with van der Waals surface area (Å²) in [5.41, 5.74) is 5.03. The summed E-state index contributed by atoms with van der Waals surface area (Å²) in [7, 11) is 0. The molecule has 1 aromatic heterocycles. The second kappa shape index (κ2) is 9.63. The first kappa shape index (κ1) is 22.2. The Kier molecular flexibility index (Phi) is 6.68. The van der Waals surface area contributed by atoms with Crippen LogP contribution in [0.4, 0.5) is 0 Å². The van der Waals surface area contributed by atoms with Crippen LogP contribution < -0.4 is 9.47 Å². The van der Waals surface area contributed by atoms with Gasteiger partial charge in [0, 0.05) is 5.02 Å². The first-order valence-electron chi connectivity index (χ1n) is 10.6. The highest BCUT2D eigenvalue weighted by Gasteiger charge is 2.16. The fourth-order valence-corrected chi connectivity index (χ4v) is 3.99. The van der Waals surface area contributed by atoms with Gasteiger partial charge in [-0.15, -0.1) is 0 Å². The van der Waals surface area contributed by atoms with Crippen LogP contribution in [-0.2, 0) is 13.2 Å². The SMILES string of the molecule is Cc1ccc(OCc2nc3ccccc3n2CC(O)COc2ccc(Cl)cc2C)c(C)c1. The predicted octanol–water partition coefficient (Wildman–Crippen LogP) is 5.63. The number of ether oxygens (including phenoxy) is 2. The van der Waals surface area contributed by atoms with Gasteiger partial charge < -0.3 is 19.1 Å². The second-order valence-electron chi connectivity index (χ2n) is 8.06. The van der Waals surface area contributed by atoms with Crippen LogP contribution in [0, 0.1) is 20.8 Å². The van der Waals surface area contributed by atoms with Crippen LogP contribution in [-0.4, -0.2) is 27.4 Å². The summed E-state index contributed by atoms with van der Waals surface area (Å²) in [6.07, 6.45) is -0.720. The molecule has 3 aromatic carbocycles. The van der Waals surface area contributed by atoms with E-state index in [1.54, 1.807) is 6.07 Å². The van der Waals surface area contributed by atoms with Crippen LogP contribution in [0.25, 0.3) is 11.0 Å². The summed E-state index contributed by atoms with van der Waals surface area (Å²) in [6.45, 7) is 6.84. The first-order chi connectivity index (χ1) is 15.4. The van der Waals surface area contributed by atoms with Crippen molar-refractivity contribution in [2.45, 2.75) is 40.0 Å². The quantitative estimate of drug-likeness (QED) is 0.377. The van der Waals surface area contributed by atoms with Crippen molar-refractivity contribution in [2.24, 2.45) is 0 Å². The Morgan fingerprint density at radius 2 is 1.66 bits per heavy atom. The van der Waals surface area contributed by atoms with Crippen LogP contribution >= 0.6 is 11.6 Å². The average Bonchev–Trinajstić information content (AvgIpc) is 3.10. The molecule has 166 valence electrons. The molecule has 0 aliphatic rings. The van der Waals surface area contributed by atoms with Crippen molar-refractivity contribution in [3.8, 4) is 11.5 Å². The van der Waals surface area contributed by atoms with E-state index in [1.807, 2.05) is 66.9 Å². The van der Waals surface area contributed by atoms with E-state index >= 15 is 0 Å². The van der Waals surface area contributed by atoms with Crippen molar-refractivity contribution in [1.29, 1.82) is 0 Å². The Labute approximate surface area is 193 Å². The lowest BCUT2D eigenvalue weighted by molar-refractivity contribution is 0.0914. The zero-order valence-electron chi connectivity index (χ0n) is 18.5. The van der Waals surface area contributed by atoms with Crippen LogP contribution in [0.2, 0.25) is 5.02 Å². The minimum Gasteiger partial charge on any atom is -0.491 e. The number of aromatic nitrogens is 2. The van der Waals surface area contributed by atoms with Gasteiger partial charge in [-0.3, -0.25) is 0 Å². The van der Waals surface area contributed by atoms with E-state index in [1.165, 1.54) is 5.56 Å². The molecule has 0 saturated heterocycles. The molecule has 4 rings (SSSR count). The van der Waals surface area contributed by atoms with Crippen molar-refractivity contribution in [1.82, 2.24) is 9.55 Å². The number of aliphatic hydroxyl groups is 1. The average molecular weight is 451 g/mol. The van der Waals surface area contributed by atoms with E-state index in [-0.39, 0.29) is 6.61 Å². The molecule has 0 aliphatic carbocycles. The fraction of sp³-hybridized carbons (Fsp3) is 0.269. The number of nitrogens with zero attached hydrogens (tertiary/aromatic N) is 2. The van der Waals surface area contributed by atoms with Crippen molar-refractivity contribution in [3.05, 3.63) is 88.2 Å². The van der Waals surface area contributed by atoms with Gasteiger partial charge in [0.2, 0.25) is 0 Å². The highest BCUT2D eigenvalue weighted by molar-refractivity contribution is 6.30. The molecule has 0 spiro atoms. The Bertz CT molecular complexity index is 1240. The minimum absolute atomic E-state index is 0.159. The van der Waals surface area contributed by atoms with E-state index in [0.717, 1.165) is 33.7 Å². The van der Waals surface area contributed by atoms with E-state index in [9.17, 15) is 5.11 Å². The molecule has 0 fully saturated rings. The molecule has 4 aromatic rings. The van der Waals surface area contributed by atoms with Gasteiger partial charge >= 0.3 is 0 Å². The number of aliphatic hydroxyl groups excluding tert-OH is 1. The first-order valence-corrected chi connectivity index (χ1v) is 11.0. The van der Waals surface area contributed by atoms with Crippen LogP contribution in [0.15, 0.2) is 60.7 Å². The van der Waals surface area contributed by atoms with Crippen molar-refractivity contribution in [3.63, 3.8) is 0 Å². The molecule has 0 amide bonds. The smallest absolute Gasteiger partial charge is 0.148 e. The van der Waals surface area contributed by atoms with E-state index in [4.69, 9.17) is 26.1 Å². The molecule has 0 bridgehead atoms. The molecule has 0 saturated carbocycles. The number of hydrogen-bond acceptors (Lipinski definition) is 4. The molecule has 5 nitrogen and oxygen atoms in total. The van der Waals surface area contributed by atoms with Crippen molar-refractivity contribution < 1.29 is 14.6 Å². The molecular formula is C26H27ClN2O3. The molecule has 0 radical (unpaired) electrons. The van der Waals surface area contributed by atoms with Gasteiger partial charge in [-0.25, -0.2) is 4.98 Å². The zero-order valence-corrected chi connectivity index (χ0v) is 19.3. The topological polar surface area (TPSA) is 56.5 Å². The van der Waals surface area contributed by atoms with Crippen LogP contribution in [0.3, 0.4) is 0 Å². The van der Waals surface area contributed by atoms with Gasteiger partial charge in [0.05, 0.1) is 17.6 Å². The van der Waals surface area contributed by atoms with E-state index in [2.05, 4.69) is 13.0 Å². The number of imidazole rings is 1. The van der Waals surface area contributed by atoms with E-state index < -0.39 is 6.10 Å². The molecule has 6 heteroatoms. The number of hydrogen-bond donors (Lipinski definition) is 1. The molecular weight excluding hydrogens is 424 g/mol. The Balaban J connectivity index is 1.50. The summed E-state index contributed by atoms with van der Waals surface area (Å²) in [5.74, 6) is 2.30. The van der Waals surface area contributed by atoms with Gasteiger partial charge in [-0.1, -0.05) is 41.4 Å². The second-order valence-corrected chi connectivity index (χ2v) is 8.50. The molecule has 0 aliphatic heterocycles. The maximum absolute atomic E-state index is 10.7. The third-order valence-electron chi connectivity index (χ3n) is 5.38. The lowest BCUT2D eigenvalue weighted by Crippen LogP contribution is -2.25. The van der Waals surface area contributed by atoms with Crippen molar-refractivity contribution >= 4 is 22.6 Å². The van der Waals surface area contributed by atoms with E-state index in [0.29, 0.717) is 23.9 Å². The number of benzene rings is 3. The summed E-state index contributed by atoms with van der Waals surface area (Å²) in [5, 5.41) is 11.4. The lowest BCUT2D eigenvalue weighted by atomic mass is 10.1. The third-order valence-corrected chi connectivity index (χ3v) is 5.62. The molecule has 1 unspecified atom stereocenters. The maximum Gasteiger partial charge on any atom is 0.148 e. The maximum atomic E-state index is 10.7. The fourth-order valence-electron chi connectivity index (χ4n) is 3.77. The molecule has 1 N–H and O–H groups in total. The monoisotopic (exact) mass is 450 g/mol. The van der Waals surface area contributed by atoms with Crippen LogP contribution in [0.1, 0.15) is 22.5 Å². The van der Waals surface area contributed by atoms with Gasteiger partial charge in [0.25, 0.3) is 0 Å². The highest BCUT2D eigenvalue weighted by Crippen LogP contribution is 2.24. The number of halogens is 1. The van der Waals surface area contributed by atoms with Gasteiger partial charge in [-0.05, 0) is 68.3 Å². The Hall–Kier alpha value is -3.02. The summed E-state index contributed by atoms with van der Waals surface area (Å²) < 4.78 is 13.9. The highest BCUT2D eigenvalue weighted by atomic mass is 35.5. The molecule has 1 heterocycles. The normalized spacial score (nSPS) is 12.2. The number of aryl methyl sites for hydroxylation is 3. The van der Waals surface area contributed by atoms with Gasteiger partial charge in [-0.2, -0.15) is 0 Å². The number of fused-ring (bicyclic) bond motifs is 1. The predicted molar refractivity (Wildman–Crippen MR) is 128 cm³/mol. The number of rotatable bonds is 8. The third kappa shape index (κ3) is 5.06. The Morgan fingerprint density at radius 1 is 0.938 bits per heavy atom. The largest absolute Gasteiger partial charge is 0.491 e. The van der Waals surface area contributed by atoms with Gasteiger partial charge in [0.15, 0.2) is 0 Å². The Morgan fingerprint density at radius 3 is 2.44 bits per heavy atom. The van der Waals surface area contributed by atoms with Gasteiger partial charge in [0.1, 0.15) is 36.6 Å². The van der Waals surface area contributed by atoms with Crippen LogP contribution in [0.5, 0.6) is 11.5 Å². The van der Waals surface area contributed by atoms with Crippen molar-refractivity contribution in [2.75, 3.05) is 6.61 Å². The molecule has 1 atom stereocenters. The summed E-state index contributed by atoms with van der Waals surface area (Å²) in [6, 6.07) is 19.4.